The van der Waals surface area contributed by atoms with Gasteiger partial charge in [0.2, 0.25) is 0 Å². The summed E-state index contributed by atoms with van der Waals surface area (Å²) in [6.45, 7) is 5.44. The van der Waals surface area contributed by atoms with Crippen molar-refractivity contribution in [3.05, 3.63) is 33.9 Å². The minimum atomic E-state index is -1.06. The smallest absolute Gasteiger partial charge is 0.270 e. The minimum Gasteiger partial charge on any atom is -0.496 e. The number of hydrogen-bond donors (Lipinski definition) is 1. The van der Waals surface area contributed by atoms with Gasteiger partial charge >= 0.3 is 0 Å². The zero-order chi connectivity index (χ0) is 16.2. The summed E-state index contributed by atoms with van der Waals surface area (Å²) in [6, 6.07) is 3.86. The van der Waals surface area contributed by atoms with Crippen LogP contribution in [-0.4, -0.2) is 46.6 Å². The van der Waals surface area contributed by atoms with Gasteiger partial charge < -0.3 is 14.7 Å². The lowest BCUT2D eigenvalue weighted by Crippen LogP contribution is -2.42. The normalized spacial score (nSPS) is 11.1. The number of carbonyl (C=O) groups excluding carboxylic acids is 1. The maximum Gasteiger partial charge on any atom is 0.270 e. The molecule has 0 saturated carbocycles. The number of benzene rings is 1. The van der Waals surface area contributed by atoms with Crippen LogP contribution in [0.3, 0.4) is 0 Å². The molecule has 1 N–H and O–H groups in total. The van der Waals surface area contributed by atoms with E-state index in [9.17, 15) is 20.0 Å². The van der Waals surface area contributed by atoms with Crippen LogP contribution in [0.1, 0.15) is 31.1 Å². The predicted octanol–water partition coefficient (Wildman–Crippen LogP) is 1.84. The molecule has 1 aromatic rings. The molecule has 0 aliphatic heterocycles. The SMILES string of the molecule is CCN(CC(C)(C)O)C(=O)c1cc([N+](=O)[O-])ccc1OC. The van der Waals surface area contributed by atoms with Gasteiger partial charge in [0.15, 0.2) is 0 Å². The Labute approximate surface area is 123 Å². The first-order valence-electron chi connectivity index (χ1n) is 6.53. The van der Waals surface area contributed by atoms with E-state index in [0.29, 0.717) is 6.54 Å². The van der Waals surface area contributed by atoms with Gasteiger partial charge in [-0.1, -0.05) is 0 Å². The van der Waals surface area contributed by atoms with Gasteiger partial charge in [-0.25, -0.2) is 0 Å². The molecule has 1 aromatic carbocycles. The number of likely N-dealkylation sites (N-methyl/N-ethyl adjacent to an activating group) is 1. The second-order valence-corrected chi connectivity index (χ2v) is 5.27. The Morgan fingerprint density at radius 3 is 2.52 bits per heavy atom. The van der Waals surface area contributed by atoms with Crippen LogP contribution in [0.4, 0.5) is 5.69 Å². The standard InChI is InChI=1S/C14H20N2O5/c1-5-15(9-14(2,3)18)13(17)11-8-10(16(19)20)6-7-12(11)21-4/h6-8,18H,5,9H2,1-4H3. The number of hydrogen-bond acceptors (Lipinski definition) is 5. The number of nitro groups is 1. The summed E-state index contributed by atoms with van der Waals surface area (Å²) in [5.41, 5.74) is -1.13. The third kappa shape index (κ3) is 4.42. The van der Waals surface area contributed by atoms with Crippen LogP contribution in [0, 0.1) is 10.1 Å². The van der Waals surface area contributed by atoms with E-state index in [0.717, 1.165) is 0 Å². The minimum absolute atomic E-state index is 0.109. The van der Waals surface area contributed by atoms with E-state index in [2.05, 4.69) is 0 Å². The highest BCUT2D eigenvalue weighted by Gasteiger charge is 2.25. The number of ether oxygens (including phenoxy) is 1. The van der Waals surface area contributed by atoms with Crippen molar-refractivity contribution in [3.63, 3.8) is 0 Å². The van der Waals surface area contributed by atoms with Crippen molar-refractivity contribution < 1.29 is 19.6 Å². The average Bonchev–Trinajstić information content (AvgIpc) is 2.42. The van der Waals surface area contributed by atoms with Crippen molar-refractivity contribution in [3.8, 4) is 5.75 Å². The maximum absolute atomic E-state index is 12.5. The van der Waals surface area contributed by atoms with Crippen LogP contribution in [-0.2, 0) is 0 Å². The topological polar surface area (TPSA) is 92.9 Å². The van der Waals surface area contributed by atoms with E-state index in [-0.39, 0.29) is 23.5 Å². The highest BCUT2D eigenvalue weighted by atomic mass is 16.6. The number of methoxy groups -OCH3 is 1. The molecule has 0 aliphatic rings. The molecular weight excluding hydrogens is 276 g/mol. The molecule has 0 aliphatic carbocycles. The maximum atomic E-state index is 12.5. The lowest BCUT2D eigenvalue weighted by Gasteiger charge is -2.28. The summed E-state index contributed by atoms with van der Waals surface area (Å²) < 4.78 is 5.09. The molecule has 0 heterocycles. The van der Waals surface area contributed by atoms with Crippen LogP contribution in [0.25, 0.3) is 0 Å². The molecule has 0 saturated heterocycles. The Morgan fingerprint density at radius 2 is 2.10 bits per heavy atom. The molecule has 0 radical (unpaired) electrons. The van der Waals surface area contributed by atoms with Gasteiger partial charge in [-0.05, 0) is 26.8 Å². The third-order valence-corrected chi connectivity index (χ3v) is 2.87. The number of aliphatic hydroxyl groups is 1. The number of nitrogens with zero attached hydrogens (tertiary/aromatic N) is 2. The second kappa shape index (κ2) is 6.53. The first-order chi connectivity index (χ1) is 9.69. The number of amides is 1. The number of nitro benzene ring substituents is 1. The van der Waals surface area contributed by atoms with Crippen molar-refractivity contribution in [1.29, 1.82) is 0 Å². The molecule has 0 bridgehead atoms. The summed E-state index contributed by atoms with van der Waals surface area (Å²) in [7, 11) is 1.39. The van der Waals surface area contributed by atoms with Crippen LogP contribution >= 0.6 is 0 Å². The highest BCUT2D eigenvalue weighted by molar-refractivity contribution is 5.97. The Hall–Kier alpha value is -2.15. The zero-order valence-electron chi connectivity index (χ0n) is 12.6. The monoisotopic (exact) mass is 296 g/mol. The van der Waals surface area contributed by atoms with Crippen molar-refractivity contribution in [2.45, 2.75) is 26.4 Å². The molecular formula is C14H20N2O5. The van der Waals surface area contributed by atoms with Gasteiger partial charge in [-0.3, -0.25) is 14.9 Å². The zero-order valence-corrected chi connectivity index (χ0v) is 12.6. The summed E-state index contributed by atoms with van der Waals surface area (Å²) in [4.78, 5) is 24.2. The van der Waals surface area contributed by atoms with Gasteiger partial charge in [0.05, 0.1) is 23.2 Å². The van der Waals surface area contributed by atoms with Crippen molar-refractivity contribution in [1.82, 2.24) is 4.90 Å². The number of carbonyl (C=O) groups is 1. The Balaban J connectivity index is 3.19. The molecule has 1 amide bonds. The molecule has 7 heteroatoms. The van der Waals surface area contributed by atoms with Crippen LogP contribution in [0.15, 0.2) is 18.2 Å². The quantitative estimate of drug-likeness (QED) is 0.638. The van der Waals surface area contributed by atoms with Crippen LogP contribution in [0.2, 0.25) is 0 Å². The largest absolute Gasteiger partial charge is 0.496 e. The molecule has 0 fully saturated rings. The van der Waals surface area contributed by atoms with Gasteiger partial charge in [0.1, 0.15) is 5.75 Å². The van der Waals surface area contributed by atoms with Crippen LogP contribution in [0.5, 0.6) is 5.75 Å². The van der Waals surface area contributed by atoms with E-state index in [1.54, 1.807) is 20.8 Å². The Bertz CT molecular complexity index is 537. The Kier molecular flexibility index (Phi) is 5.26. The fraction of sp³-hybridized carbons (Fsp3) is 0.500. The second-order valence-electron chi connectivity index (χ2n) is 5.27. The van der Waals surface area contributed by atoms with E-state index in [1.165, 1.54) is 30.2 Å². The van der Waals surface area contributed by atoms with E-state index < -0.39 is 16.4 Å². The summed E-state index contributed by atoms with van der Waals surface area (Å²) in [6.07, 6.45) is 0. The first kappa shape index (κ1) is 16.9. The van der Waals surface area contributed by atoms with Crippen molar-refractivity contribution >= 4 is 11.6 Å². The molecule has 116 valence electrons. The van der Waals surface area contributed by atoms with E-state index in [1.807, 2.05) is 0 Å². The van der Waals surface area contributed by atoms with Gasteiger partial charge in [0, 0.05) is 25.2 Å². The molecule has 21 heavy (non-hydrogen) atoms. The average molecular weight is 296 g/mol. The number of rotatable bonds is 6. The lowest BCUT2D eigenvalue weighted by atomic mass is 10.1. The van der Waals surface area contributed by atoms with Crippen LogP contribution < -0.4 is 4.74 Å². The summed E-state index contributed by atoms with van der Waals surface area (Å²) >= 11 is 0. The fourth-order valence-electron chi connectivity index (χ4n) is 1.94. The summed E-state index contributed by atoms with van der Waals surface area (Å²) in [5, 5.41) is 20.7. The molecule has 0 unspecified atom stereocenters. The molecule has 0 aromatic heterocycles. The molecule has 0 atom stereocenters. The van der Waals surface area contributed by atoms with Gasteiger partial charge in [0.25, 0.3) is 11.6 Å². The van der Waals surface area contributed by atoms with Crippen molar-refractivity contribution in [2.75, 3.05) is 20.2 Å². The van der Waals surface area contributed by atoms with E-state index >= 15 is 0 Å². The fourth-order valence-corrected chi connectivity index (χ4v) is 1.94. The lowest BCUT2D eigenvalue weighted by molar-refractivity contribution is -0.384. The van der Waals surface area contributed by atoms with Gasteiger partial charge in [-0.15, -0.1) is 0 Å². The molecule has 7 nitrogen and oxygen atoms in total. The highest BCUT2D eigenvalue weighted by Crippen LogP contribution is 2.25. The molecule has 1 rings (SSSR count). The van der Waals surface area contributed by atoms with Gasteiger partial charge in [-0.2, -0.15) is 0 Å². The number of non-ortho nitro benzene ring substituents is 1. The molecule has 0 spiro atoms. The third-order valence-electron chi connectivity index (χ3n) is 2.87. The Morgan fingerprint density at radius 1 is 1.48 bits per heavy atom. The predicted molar refractivity (Wildman–Crippen MR) is 77.5 cm³/mol. The van der Waals surface area contributed by atoms with E-state index in [4.69, 9.17) is 4.74 Å². The van der Waals surface area contributed by atoms with Crippen molar-refractivity contribution in [2.24, 2.45) is 0 Å². The first-order valence-corrected chi connectivity index (χ1v) is 6.53. The summed E-state index contributed by atoms with van der Waals surface area (Å²) in [5.74, 6) is -0.153.